The Morgan fingerprint density at radius 1 is 1.30 bits per heavy atom. The van der Waals surface area contributed by atoms with Crippen molar-refractivity contribution in [1.29, 1.82) is 0 Å². The number of nitrogens with zero attached hydrogens (tertiary/aromatic N) is 3. The summed E-state index contributed by atoms with van der Waals surface area (Å²) in [6, 6.07) is 0. The van der Waals surface area contributed by atoms with Gasteiger partial charge < -0.3 is 15.5 Å². The van der Waals surface area contributed by atoms with Crippen molar-refractivity contribution in [2.24, 2.45) is 16.6 Å². The molecule has 0 aliphatic carbocycles. The van der Waals surface area contributed by atoms with Crippen molar-refractivity contribution >= 4 is 29.9 Å². The number of aliphatic imine (C=N–C) groups is 1. The van der Waals surface area contributed by atoms with E-state index in [2.05, 4.69) is 35.6 Å². The lowest BCUT2D eigenvalue weighted by Crippen LogP contribution is -2.37. The van der Waals surface area contributed by atoms with Crippen LogP contribution in [0, 0.1) is 5.92 Å². The van der Waals surface area contributed by atoms with Crippen molar-refractivity contribution in [1.82, 2.24) is 9.80 Å². The van der Waals surface area contributed by atoms with Crippen LogP contribution in [0.4, 0.5) is 0 Å². The van der Waals surface area contributed by atoms with Crippen LogP contribution in [-0.4, -0.2) is 55.0 Å². The highest BCUT2D eigenvalue weighted by molar-refractivity contribution is 14.0. The molecule has 0 bridgehead atoms. The third-order valence-corrected chi connectivity index (χ3v) is 3.98. The van der Waals surface area contributed by atoms with E-state index in [1.807, 2.05) is 0 Å². The summed E-state index contributed by atoms with van der Waals surface area (Å²) in [6.45, 7) is 13.1. The highest BCUT2D eigenvalue weighted by atomic mass is 127. The second-order valence-corrected chi connectivity index (χ2v) is 5.67. The smallest absolute Gasteiger partial charge is 0.191 e. The number of unbranched alkanes of at least 4 members (excludes halogenated alkanes) is 1. The second-order valence-electron chi connectivity index (χ2n) is 5.67. The third-order valence-electron chi connectivity index (χ3n) is 3.98. The van der Waals surface area contributed by atoms with Gasteiger partial charge in [0.2, 0.25) is 0 Å². The molecule has 1 atom stereocenters. The van der Waals surface area contributed by atoms with E-state index in [-0.39, 0.29) is 24.0 Å². The van der Waals surface area contributed by atoms with Crippen molar-refractivity contribution in [2.75, 3.05) is 39.3 Å². The SMILES string of the molecule is CCN(CC)C(N)=NCCCCN1CCCC(C)C1.I. The van der Waals surface area contributed by atoms with Gasteiger partial charge in [0, 0.05) is 26.2 Å². The number of hydrogen-bond donors (Lipinski definition) is 1. The van der Waals surface area contributed by atoms with Gasteiger partial charge >= 0.3 is 0 Å². The summed E-state index contributed by atoms with van der Waals surface area (Å²) in [7, 11) is 0. The maximum absolute atomic E-state index is 5.95. The van der Waals surface area contributed by atoms with E-state index in [0.717, 1.165) is 32.0 Å². The molecule has 1 heterocycles. The number of nitrogens with two attached hydrogens (primary N) is 1. The lowest BCUT2D eigenvalue weighted by Gasteiger charge is -2.30. The van der Waals surface area contributed by atoms with Crippen LogP contribution < -0.4 is 5.73 Å². The van der Waals surface area contributed by atoms with Crippen molar-refractivity contribution < 1.29 is 0 Å². The molecule has 1 aliphatic rings. The van der Waals surface area contributed by atoms with Crippen LogP contribution in [0.15, 0.2) is 4.99 Å². The van der Waals surface area contributed by atoms with Gasteiger partial charge in [0.25, 0.3) is 0 Å². The quantitative estimate of drug-likeness (QED) is 0.312. The summed E-state index contributed by atoms with van der Waals surface area (Å²) in [5.74, 6) is 1.58. The van der Waals surface area contributed by atoms with Gasteiger partial charge in [-0.2, -0.15) is 0 Å². The van der Waals surface area contributed by atoms with Gasteiger partial charge in [-0.05, 0) is 58.5 Å². The molecule has 1 aliphatic heterocycles. The standard InChI is InChI=1S/C15H32N4.HI/c1-4-19(5-2)15(16)17-10-6-7-11-18-12-8-9-14(3)13-18;/h14H,4-13H2,1-3H3,(H2,16,17);1H. The largest absolute Gasteiger partial charge is 0.370 e. The van der Waals surface area contributed by atoms with Gasteiger partial charge in [-0.3, -0.25) is 4.99 Å². The minimum Gasteiger partial charge on any atom is -0.370 e. The third kappa shape index (κ3) is 7.67. The van der Waals surface area contributed by atoms with E-state index >= 15 is 0 Å². The zero-order valence-electron chi connectivity index (χ0n) is 13.5. The summed E-state index contributed by atoms with van der Waals surface area (Å²) < 4.78 is 0. The van der Waals surface area contributed by atoms with Crippen LogP contribution >= 0.6 is 24.0 Å². The Kier molecular flexibility index (Phi) is 11.6. The zero-order valence-corrected chi connectivity index (χ0v) is 15.8. The van der Waals surface area contributed by atoms with Gasteiger partial charge in [0.05, 0.1) is 0 Å². The van der Waals surface area contributed by atoms with Crippen LogP contribution in [0.5, 0.6) is 0 Å². The minimum absolute atomic E-state index is 0. The fraction of sp³-hybridized carbons (Fsp3) is 0.933. The molecule has 0 radical (unpaired) electrons. The monoisotopic (exact) mass is 396 g/mol. The van der Waals surface area contributed by atoms with E-state index in [1.54, 1.807) is 0 Å². The molecule has 0 aromatic carbocycles. The van der Waals surface area contributed by atoms with E-state index in [0.29, 0.717) is 5.96 Å². The van der Waals surface area contributed by atoms with Crippen molar-refractivity contribution in [3.8, 4) is 0 Å². The number of guanidine groups is 1. The number of rotatable bonds is 7. The average Bonchev–Trinajstić information content (AvgIpc) is 2.40. The highest BCUT2D eigenvalue weighted by Gasteiger charge is 2.15. The van der Waals surface area contributed by atoms with Crippen LogP contribution in [0.25, 0.3) is 0 Å². The van der Waals surface area contributed by atoms with Crippen molar-refractivity contribution in [2.45, 2.75) is 46.5 Å². The zero-order chi connectivity index (χ0) is 14.1. The lowest BCUT2D eigenvalue weighted by atomic mass is 10.0. The van der Waals surface area contributed by atoms with E-state index in [1.165, 1.54) is 38.9 Å². The van der Waals surface area contributed by atoms with Gasteiger partial charge in [0.1, 0.15) is 0 Å². The molecular weight excluding hydrogens is 363 g/mol. The lowest BCUT2D eigenvalue weighted by molar-refractivity contribution is 0.181. The Hall–Kier alpha value is -0.0400. The number of hydrogen-bond acceptors (Lipinski definition) is 2. The first kappa shape index (κ1) is 20.0. The maximum atomic E-state index is 5.95. The van der Waals surface area contributed by atoms with Gasteiger partial charge in [-0.15, -0.1) is 24.0 Å². The molecule has 0 aromatic rings. The van der Waals surface area contributed by atoms with Crippen LogP contribution in [-0.2, 0) is 0 Å². The summed E-state index contributed by atoms with van der Waals surface area (Å²) in [5.41, 5.74) is 5.95. The topological polar surface area (TPSA) is 44.9 Å². The maximum Gasteiger partial charge on any atom is 0.191 e. The first-order valence-corrected chi connectivity index (χ1v) is 7.94. The van der Waals surface area contributed by atoms with Gasteiger partial charge in [-0.25, -0.2) is 0 Å². The summed E-state index contributed by atoms with van der Waals surface area (Å²) in [4.78, 5) is 9.17. The Morgan fingerprint density at radius 3 is 2.60 bits per heavy atom. The van der Waals surface area contributed by atoms with Crippen molar-refractivity contribution in [3.63, 3.8) is 0 Å². The predicted octanol–water partition coefficient (Wildman–Crippen LogP) is 2.77. The molecule has 0 saturated carbocycles. The van der Waals surface area contributed by atoms with Crippen molar-refractivity contribution in [3.05, 3.63) is 0 Å². The van der Waals surface area contributed by atoms with E-state index in [4.69, 9.17) is 5.73 Å². The first-order valence-electron chi connectivity index (χ1n) is 7.94. The number of likely N-dealkylation sites (tertiary alicyclic amines) is 1. The van der Waals surface area contributed by atoms with Gasteiger partial charge in [0.15, 0.2) is 5.96 Å². The van der Waals surface area contributed by atoms with Crippen LogP contribution in [0.3, 0.4) is 0 Å². The molecule has 20 heavy (non-hydrogen) atoms. The van der Waals surface area contributed by atoms with Crippen LogP contribution in [0.2, 0.25) is 0 Å². The Labute approximate surface area is 142 Å². The number of halogens is 1. The first-order chi connectivity index (χ1) is 9.17. The Bertz CT molecular complexity index is 267. The summed E-state index contributed by atoms with van der Waals surface area (Å²) in [5, 5.41) is 0. The predicted molar refractivity (Wildman–Crippen MR) is 98.9 cm³/mol. The minimum atomic E-state index is 0. The average molecular weight is 396 g/mol. The molecule has 0 amide bonds. The normalized spacial score (nSPS) is 20.6. The summed E-state index contributed by atoms with van der Waals surface area (Å²) >= 11 is 0. The Morgan fingerprint density at radius 2 is 2.00 bits per heavy atom. The molecule has 5 heteroatoms. The van der Waals surface area contributed by atoms with Gasteiger partial charge in [-0.1, -0.05) is 6.92 Å². The summed E-state index contributed by atoms with van der Waals surface area (Å²) in [6.07, 6.45) is 5.16. The number of piperidine rings is 1. The molecular formula is C15H33IN4. The van der Waals surface area contributed by atoms with E-state index in [9.17, 15) is 0 Å². The van der Waals surface area contributed by atoms with E-state index < -0.39 is 0 Å². The van der Waals surface area contributed by atoms with Crippen LogP contribution in [0.1, 0.15) is 46.5 Å². The molecule has 4 nitrogen and oxygen atoms in total. The fourth-order valence-electron chi connectivity index (χ4n) is 2.78. The molecule has 0 aromatic heterocycles. The Balaban J connectivity index is 0.00000361. The fourth-order valence-corrected chi connectivity index (χ4v) is 2.78. The molecule has 1 unspecified atom stereocenters. The molecule has 0 spiro atoms. The molecule has 120 valence electrons. The molecule has 1 rings (SSSR count). The molecule has 1 saturated heterocycles. The highest BCUT2D eigenvalue weighted by Crippen LogP contribution is 2.15. The second kappa shape index (κ2) is 11.6. The molecule has 2 N–H and O–H groups in total. The molecule has 1 fully saturated rings.